The first kappa shape index (κ1) is 13.3. The molecule has 0 bridgehead atoms. The second-order valence-corrected chi connectivity index (χ2v) is 5.00. The molecule has 1 aliphatic rings. The summed E-state index contributed by atoms with van der Waals surface area (Å²) in [5.74, 6) is -0.113. The Morgan fingerprint density at radius 1 is 1.61 bits per heavy atom. The molecule has 0 radical (unpaired) electrons. The zero-order valence-electron chi connectivity index (χ0n) is 9.80. The number of anilines is 1. The number of carbonyl (C=O) groups is 1. The van der Waals surface area contributed by atoms with E-state index < -0.39 is 0 Å². The van der Waals surface area contributed by atoms with Crippen molar-refractivity contribution in [2.75, 3.05) is 32.1 Å². The number of aliphatic hydroxyl groups excluding tert-OH is 1. The lowest BCUT2D eigenvalue weighted by Crippen LogP contribution is -2.50. The van der Waals surface area contributed by atoms with Crippen LogP contribution in [0.2, 0.25) is 0 Å². The predicted octanol–water partition coefficient (Wildman–Crippen LogP) is 0.865. The van der Waals surface area contributed by atoms with Crippen molar-refractivity contribution < 1.29 is 14.6 Å². The number of carbonyl (C=O) groups excluding carboxylic acids is 1. The minimum absolute atomic E-state index is 0.0954. The van der Waals surface area contributed by atoms with Crippen LogP contribution in [0.3, 0.4) is 0 Å². The van der Waals surface area contributed by atoms with Crippen molar-refractivity contribution in [1.82, 2.24) is 4.90 Å². The Morgan fingerprint density at radius 3 is 3.06 bits per heavy atom. The smallest absolute Gasteiger partial charge is 0.254 e. The van der Waals surface area contributed by atoms with E-state index in [1.165, 1.54) is 0 Å². The average molecular weight is 315 g/mol. The van der Waals surface area contributed by atoms with Gasteiger partial charge in [-0.1, -0.05) is 0 Å². The fourth-order valence-corrected chi connectivity index (χ4v) is 2.28. The summed E-state index contributed by atoms with van der Waals surface area (Å²) in [5.41, 5.74) is 6.83. The van der Waals surface area contributed by atoms with E-state index in [0.717, 1.165) is 0 Å². The number of rotatable bonds is 2. The maximum Gasteiger partial charge on any atom is 0.254 e. The van der Waals surface area contributed by atoms with Crippen LogP contribution in [-0.2, 0) is 4.74 Å². The van der Waals surface area contributed by atoms with Gasteiger partial charge in [0.25, 0.3) is 5.91 Å². The van der Waals surface area contributed by atoms with Crippen LogP contribution >= 0.6 is 15.9 Å². The van der Waals surface area contributed by atoms with Gasteiger partial charge in [-0.3, -0.25) is 4.79 Å². The molecule has 1 fully saturated rings. The molecule has 5 nitrogen and oxygen atoms in total. The number of nitrogen functional groups attached to an aromatic ring is 1. The van der Waals surface area contributed by atoms with Gasteiger partial charge in [0.2, 0.25) is 0 Å². The van der Waals surface area contributed by atoms with Crippen LogP contribution in [0.4, 0.5) is 5.69 Å². The van der Waals surface area contributed by atoms with Crippen molar-refractivity contribution in [1.29, 1.82) is 0 Å². The van der Waals surface area contributed by atoms with E-state index in [1.54, 1.807) is 23.1 Å². The summed E-state index contributed by atoms with van der Waals surface area (Å²) in [4.78, 5) is 14.0. The average Bonchev–Trinajstić information content (AvgIpc) is 2.41. The molecule has 6 heteroatoms. The number of nitrogens with zero attached hydrogens (tertiary/aromatic N) is 1. The molecule has 1 amide bonds. The summed E-state index contributed by atoms with van der Waals surface area (Å²) in [6.45, 7) is 1.27. The van der Waals surface area contributed by atoms with Crippen LogP contribution in [0.1, 0.15) is 10.4 Å². The molecule has 0 saturated carbocycles. The molecule has 0 spiro atoms. The molecular formula is C12H15BrN2O3. The minimum atomic E-state index is -0.275. The fourth-order valence-electron chi connectivity index (χ4n) is 1.90. The number of morpholine rings is 1. The summed E-state index contributed by atoms with van der Waals surface area (Å²) in [7, 11) is 0. The van der Waals surface area contributed by atoms with E-state index in [2.05, 4.69) is 15.9 Å². The maximum absolute atomic E-state index is 12.3. The number of halogens is 1. The molecular weight excluding hydrogens is 300 g/mol. The van der Waals surface area contributed by atoms with E-state index in [1.807, 2.05) is 0 Å². The molecule has 0 aliphatic carbocycles. The Morgan fingerprint density at radius 2 is 2.39 bits per heavy atom. The number of benzene rings is 1. The Bertz CT molecular complexity index is 453. The summed E-state index contributed by atoms with van der Waals surface area (Å²) < 4.78 is 5.95. The monoisotopic (exact) mass is 314 g/mol. The number of nitrogens with two attached hydrogens (primary N) is 1. The molecule has 1 saturated heterocycles. The minimum Gasteiger partial charge on any atom is -0.398 e. The van der Waals surface area contributed by atoms with Crippen LogP contribution in [0.15, 0.2) is 22.7 Å². The summed E-state index contributed by atoms with van der Waals surface area (Å²) in [5, 5.41) is 9.25. The zero-order valence-corrected chi connectivity index (χ0v) is 11.4. The van der Waals surface area contributed by atoms with Crippen molar-refractivity contribution in [3.05, 3.63) is 28.2 Å². The lowest BCUT2D eigenvalue weighted by molar-refractivity contribution is -0.0183. The van der Waals surface area contributed by atoms with E-state index in [9.17, 15) is 9.90 Å². The first-order chi connectivity index (χ1) is 8.63. The Balaban J connectivity index is 2.21. The van der Waals surface area contributed by atoms with Crippen LogP contribution in [0.5, 0.6) is 0 Å². The zero-order chi connectivity index (χ0) is 13.1. The number of aliphatic hydroxyl groups is 1. The molecule has 1 aromatic rings. The second kappa shape index (κ2) is 5.69. The van der Waals surface area contributed by atoms with Gasteiger partial charge in [-0.25, -0.2) is 0 Å². The molecule has 1 unspecified atom stereocenters. The van der Waals surface area contributed by atoms with Gasteiger partial charge in [0.05, 0.1) is 25.9 Å². The molecule has 1 aromatic carbocycles. The largest absolute Gasteiger partial charge is 0.398 e. The van der Waals surface area contributed by atoms with Crippen molar-refractivity contribution in [2.24, 2.45) is 0 Å². The Labute approximate surface area is 114 Å². The highest BCUT2D eigenvalue weighted by atomic mass is 79.9. The Hall–Kier alpha value is -1.11. The molecule has 2 rings (SSSR count). The van der Waals surface area contributed by atoms with Gasteiger partial charge in [-0.15, -0.1) is 0 Å². The third-order valence-electron chi connectivity index (χ3n) is 2.95. The summed E-state index contributed by atoms with van der Waals surface area (Å²) in [6.07, 6.45) is 0. The molecule has 18 heavy (non-hydrogen) atoms. The van der Waals surface area contributed by atoms with Crippen molar-refractivity contribution in [3.63, 3.8) is 0 Å². The van der Waals surface area contributed by atoms with E-state index in [-0.39, 0.29) is 18.6 Å². The summed E-state index contributed by atoms with van der Waals surface area (Å²) >= 11 is 3.30. The van der Waals surface area contributed by atoms with Crippen LogP contribution < -0.4 is 5.73 Å². The SMILES string of the molecule is Nc1ccc(C(=O)N2CCOCC2CO)cc1Br. The maximum atomic E-state index is 12.3. The van der Waals surface area contributed by atoms with E-state index in [0.29, 0.717) is 35.5 Å². The number of ether oxygens (including phenoxy) is 1. The molecule has 1 atom stereocenters. The standard InChI is InChI=1S/C12H15BrN2O3/c13-10-5-8(1-2-11(10)14)12(17)15-3-4-18-7-9(15)6-16/h1-2,5,9,16H,3-4,6-7,14H2. The number of amides is 1. The van der Waals surface area contributed by atoms with Gasteiger partial charge in [0.15, 0.2) is 0 Å². The summed E-state index contributed by atoms with van der Waals surface area (Å²) in [6, 6.07) is 4.79. The van der Waals surface area contributed by atoms with Crippen LogP contribution in [-0.4, -0.2) is 48.3 Å². The van der Waals surface area contributed by atoms with Gasteiger partial charge < -0.3 is 20.5 Å². The molecule has 1 heterocycles. The highest BCUT2D eigenvalue weighted by molar-refractivity contribution is 9.10. The van der Waals surface area contributed by atoms with E-state index >= 15 is 0 Å². The third kappa shape index (κ3) is 2.66. The van der Waals surface area contributed by atoms with Crippen molar-refractivity contribution in [2.45, 2.75) is 6.04 Å². The van der Waals surface area contributed by atoms with Gasteiger partial charge in [-0.2, -0.15) is 0 Å². The first-order valence-electron chi connectivity index (χ1n) is 5.68. The third-order valence-corrected chi connectivity index (χ3v) is 3.63. The Kier molecular flexibility index (Phi) is 4.21. The quantitative estimate of drug-likeness (QED) is 0.794. The lowest BCUT2D eigenvalue weighted by Gasteiger charge is -2.34. The normalized spacial score (nSPS) is 19.9. The molecule has 0 aromatic heterocycles. The van der Waals surface area contributed by atoms with Gasteiger partial charge in [-0.05, 0) is 34.1 Å². The fraction of sp³-hybridized carbons (Fsp3) is 0.417. The van der Waals surface area contributed by atoms with Crippen LogP contribution in [0.25, 0.3) is 0 Å². The molecule has 3 N–H and O–H groups in total. The molecule has 98 valence electrons. The van der Waals surface area contributed by atoms with Crippen molar-refractivity contribution >= 4 is 27.5 Å². The van der Waals surface area contributed by atoms with Gasteiger partial charge in [0, 0.05) is 22.3 Å². The highest BCUT2D eigenvalue weighted by Crippen LogP contribution is 2.22. The van der Waals surface area contributed by atoms with Gasteiger partial charge >= 0.3 is 0 Å². The topological polar surface area (TPSA) is 75.8 Å². The van der Waals surface area contributed by atoms with E-state index in [4.69, 9.17) is 10.5 Å². The predicted molar refractivity (Wildman–Crippen MR) is 71.3 cm³/mol. The first-order valence-corrected chi connectivity index (χ1v) is 6.47. The second-order valence-electron chi connectivity index (χ2n) is 4.15. The van der Waals surface area contributed by atoms with Crippen molar-refractivity contribution in [3.8, 4) is 0 Å². The van der Waals surface area contributed by atoms with Crippen LogP contribution in [0, 0.1) is 0 Å². The number of hydrogen-bond donors (Lipinski definition) is 2. The number of hydrogen-bond acceptors (Lipinski definition) is 4. The highest BCUT2D eigenvalue weighted by Gasteiger charge is 2.27. The van der Waals surface area contributed by atoms with Gasteiger partial charge in [0.1, 0.15) is 0 Å². The molecule has 1 aliphatic heterocycles. The lowest BCUT2D eigenvalue weighted by atomic mass is 10.1.